The molecule has 2 aromatic rings. The van der Waals surface area contributed by atoms with E-state index in [4.69, 9.17) is 4.42 Å². The Morgan fingerprint density at radius 2 is 1.96 bits per heavy atom. The minimum Gasteiger partial charge on any atom is -0.472 e. The van der Waals surface area contributed by atoms with Gasteiger partial charge in [-0.2, -0.15) is 0 Å². The summed E-state index contributed by atoms with van der Waals surface area (Å²) in [6, 6.07) is 8.62. The minimum absolute atomic E-state index is 0.135. The van der Waals surface area contributed by atoms with E-state index in [2.05, 4.69) is 5.32 Å². The lowest BCUT2D eigenvalue weighted by molar-refractivity contribution is -0.129. The highest BCUT2D eigenvalue weighted by molar-refractivity contribution is 6.16. The Labute approximate surface area is 139 Å². The Bertz CT molecular complexity index is 736. The van der Waals surface area contributed by atoms with Crippen molar-refractivity contribution in [3.63, 3.8) is 0 Å². The number of carbonyl (C=O) groups is 3. The van der Waals surface area contributed by atoms with Crippen molar-refractivity contribution >= 4 is 29.1 Å². The van der Waals surface area contributed by atoms with Crippen molar-refractivity contribution < 1.29 is 18.8 Å². The van der Waals surface area contributed by atoms with Gasteiger partial charge in [0.25, 0.3) is 0 Å². The number of carbonyl (C=O) groups excluding carboxylic acids is 3. The number of piperidine rings is 1. The molecule has 1 aliphatic rings. The van der Waals surface area contributed by atoms with E-state index in [1.807, 2.05) is 6.07 Å². The summed E-state index contributed by atoms with van der Waals surface area (Å²) in [4.78, 5) is 37.2. The number of rotatable bonds is 5. The van der Waals surface area contributed by atoms with Gasteiger partial charge in [-0.05, 0) is 42.7 Å². The Hall–Kier alpha value is -2.89. The van der Waals surface area contributed by atoms with E-state index >= 15 is 0 Å². The van der Waals surface area contributed by atoms with E-state index in [1.165, 1.54) is 4.90 Å². The second-order valence-corrected chi connectivity index (χ2v) is 5.71. The number of amides is 3. The van der Waals surface area contributed by atoms with Crippen molar-refractivity contribution in [1.29, 1.82) is 0 Å². The van der Waals surface area contributed by atoms with Crippen molar-refractivity contribution in [2.45, 2.75) is 32.1 Å². The molecule has 0 saturated carbocycles. The zero-order valence-corrected chi connectivity index (χ0v) is 13.2. The number of hydrogen-bond donors (Lipinski definition) is 1. The van der Waals surface area contributed by atoms with Crippen molar-refractivity contribution in [3.8, 4) is 0 Å². The molecule has 1 aromatic carbocycles. The summed E-state index contributed by atoms with van der Waals surface area (Å²) in [5.74, 6) is -0.533. The molecule has 1 N–H and O–H groups in total. The lowest BCUT2D eigenvalue weighted by atomic mass is 10.1. The molecule has 124 valence electrons. The van der Waals surface area contributed by atoms with Crippen LogP contribution in [-0.2, 0) is 20.8 Å². The summed E-state index contributed by atoms with van der Waals surface area (Å²) in [5, 5.41) is 2.79. The van der Waals surface area contributed by atoms with Crippen LogP contribution in [0.4, 0.5) is 11.4 Å². The number of aryl methyl sites for hydroxylation is 1. The Morgan fingerprint density at radius 1 is 1.17 bits per heavy atom. The summed E-state index contributed by atoms with van der Waals surface area (Å²) in [7, 11) is 0. The highest BCUT2D eigenvalue weighted by Gasteiger charge is 2.27. The molecule has 6 nitrogen and oxygen atoms in total. The zero-order valence-electron chi connectivity index (χ0n) is 13.2. The van der Waals surface area contributed by atoms with Crippen molar-refractivity contribution in [2.75, 3.05) is 10.2 Å². The summed E-state index contributed by atoms with van der Waals surface area (Å²) in [5.41, 5.74) is 2.02. The van der Waals surface area contributed by atoms with Crippen LogP contribution in [0.15, 0.2) is 47.3 Å². The zero-order chi connectivity index (χ0) is 16.9. The van der Waals surface area contributed by atoms with Crippen LogP contribution >= 0.6 is 0 Å². The molecular formula is C18H18N2O4. The van der Waals surface area contributed by atoms with Crippen LogP contribution in [0.3, 0.4) is 0 Å². The molecule has 24 heavy (non-hydrogen) atoms. The van der Waals surface area contributed by atoms with Gasteiger partial charge in [0.05, 0.1) is 18.2 Å². The molecule has 1 saturated heterocycles. The van der Waals surface area contributed by atoms with Gasteiger partial charge in [-0.1, -0.05) is 6.07 Å². The number of furan rings is 1. The number of benzene rings is 1. The number of hydrogen-bond acceptors (Lipinski definition) is 4. The van der Waals surface area contributed by atoms with Crippen LogP contribution in [0.25, 0.3) is 0 Å². The smallest absolute Gasteiger partial charge is 0.233 e. The predicted molar refractivity (Wildman–Crippen MR) is 88.4 cm³/mol. The van der Waals surface area contributed by atoms with Gasteiger partial charge in [0.15, 0.2) is 0 Å². The highest BCUT2D eigenvalue weighted by atomic mass is 16.3. The second kappa shape index (κ2) is 7.12. The average Bonchev–Trinajstić information content (AvgIpc) is 3.07. The quantitative estimate of drug-likeness (QED) is 0.857. The topological polar surface area (TPSA) is 79.6 Å². The maximum absolute atomic E-state index is 12.0. The number of nitrogens with zero attached hydrogens (tertiary/aromatic N) is 1. The minimum atomic E-state index is -0.199. The molecule has 0 unspecified atom stereocenters. The SMILES string of the molecule is O=C(CCc1ccoc1)Nc1cccc(N2C(=O)CCCC2=O)c1. The molecule has 0 radical (unpaired) electrons. The molecule has 0 aliphatic carbocycles. The maximum atomic E-state index is 12.0. The third-order valence-electron chi connectivity index (χ3n) is 3.89. The van der Waals surface area contributed by atoms with E-state index in [-0.39, 0.29) is 17.7 Å². The molecule has 1 fully saturated rings. The van der Waals surface area contributed by atoms with E-state index < -0.39 is 0 Å². The second-order valence-electron chi connectivity index (χ2n) is 5.71. The molecule has 0 spiro atoms. The van der Waals surface area contributed by atoms with Gasteiger partial charge in [0.2, 0.25) is 17.7 Å². The molecule has 3 rings (SSSR count). The van der Waals surface area contributed by atoms with Gasteiger partial charge < -0.3 is 9.73 Å². The average molecular weight is 326 g/mol. The number of imide groups is 1. The van der Waals surface area contributed by atoms with Crippen LogP contribution in [0.2, 0.25) is 0 Å². The fourth-order valence-electron chi connectivity index (χ4n) is 2.68. The predicted octanol–water partition coefficient (Wildman–Crippen LogP) is 2.89. The standard InChI is InChI=1S/C18H18N2O4/c21-16(8-7-13-9-10-24-12-13)19-14-3-1-4-15(11-14)20-17(22)5-2-6-18(20)23/h1,3-4,9-12H,2,5-8H2,(H,19,21). The summed E-state index contributed by atoms with van der Waals surface area (Å²) >= 11 is 0. The summed E-state index contributed by atoms with van der Waals surface area (Å²) < 4.78 is 4.97. The highest BCUT2D eigenvalue weighted by Crippen LogP contribution is 2.24. The molecular weight excluding hydrogens is 308 g/mol. The first-order chi connectivity index (χ1) is 11.6. The lowest BCUT2D eigenvalue weighted by Gasteiger charge is -2.25. The Balaban J connectivity index is 1.65. The maximum Gasteiger partial charge on any atom is 0.233 e. The fourth-order valence-corrected chi connectivity index (χ4v) is 2.68. The van der Waals surface area contributed by atoms with E-state index in [1.54, 1.807) is 36.8 Å². The van der Waals surface area contributed by atoms with Gasteiger partial charge in [-0.15, -0.1) is 0 Å². The molecule has 1 aromatic heterocycles. The number of nitrogens with one attached hydrogen (secondary N) is 1. The normalized spacial score (nSPS) is 14.8. The van der Waals surface area contributed by atoms with Crippen LogP contribution < -0.4 is 10.2 Å². The lowest BCUT2D eigenvalue weighted by Crippen LogP contribution is -2.40. The Morgan fingerprint density at radius 3 is 2.67 bits per heavy atom. The largest absolute Gasteiger partial charge is 0.472 e. The molecule has 2 heterocycles. The van der Waals surface area contributed by atoms with E-state index in [9.17, 15) is 14.4 Å². The van der Waals surface area contributed by atoms with Crippen LogP contribution in [0.1, 0.15) is 31.2 Å². The first kappa shape index (κ1) is 16.0. The monoisotopic (exact) mass is 326 g/mol. The van der Waals surface area contributed by atoms with Gasteiger partial charge in [-0.3, -0.25) is 19.3 Å². The van der Waals surface area contributed by atoms with Gasteiger partial charge >= 0.3 is 0 Å². The first-order valence-corrected chi connectivity index (χ1v) is 7.90. The first-order valence-electron chi connectivity index (χ1n) is 7.90. The molecule has 0 atom stereocenters. The van der Waals surface area contributed by atoms with Gasteiger partial charge in [-0.25, -0.2) is 0 Å². The molecule has 6 heteroatoms. The third-order valence-corrected chi connectivity index (χ3v) is 3.89. The summed E-state index contributed by atoms with van der Waals surface area (Å²) in [6.07, 6.45) is 5.43. The third kappa shape index (κ3) is 3.71. The van der Waals surface area contributed by atoms with Crippen molar-refractivity contribution in [2.24, 2.45) is 0 Å². The number of anilines is 2. The van der Waals surface area contributed by atoms with Crippen molar-refractivity contribution in [1.82, 2.24) is 0 Å². The molecule has 0 bridgehead atoms. The van der Waals surface area contributed by atoms with Crippen molar-refractivity contribution in [3.05, 3.63) is 48.4 Å². The van der Waals surface area contributed by atoms with Crippen LogP contribution in [0, 0.1) is 0 Å². The van der Waals surface area contributed by atoms with E-state index in [0.717, 1.165) is 5.56 Å². The molecule has 3 amide bonds. The van der Waals surface area contributed by atoms with Gasteiger partial charge in [0.1, 0.15) is 0 Å². The van der Waals surface area contributed by atoms with E-state index in [0.29, 0.717) is 43.5 Å². The molecule has 1 aliphatic heterocycles. The van der Waals surface area contributed by atoms with Crippen LogP contribution in [-0.4, -0.2) is 17.7 Å². The fraction of sp³-hybridized carbons (Fsp3) is 0.278. The Kier molecular flexibility index (Phi) is 4.74. The summed E-state index contributed by atoms with van der Waals surface area (Å²) in [6.45, 7) is 0. The van der Waals surface area contributed by atoms with Crippen LogP contribution in [0.5, 0.6) is 0 Å². The van der Waals surface area contributed by atoms with Gasteiger partial charge in [0, 0.05) is 24.9 Å².